The number of nitrogens with zero attached hydrogens (tertiary/aromatic N) is 2. The Morgan fingerprint density at radius 3 is 1.07 bits per heavy atom. The number of carbonyl (C=O) groups is 6. The third kappa shape index (κ3) is 20.2. The zero-order valence-electron chi connectivity index (χ0n) is 30.9. The molecule has 6 rings (SSSR count). The molecule has 0 unspecified atom stereocenters. The third-order valence-electron chi connectivity index (χ3n) is 6.58. The van der Waals surface area contributed by atoms with Crippen LogP contribution in [0.5, 0.6) is 11.5 Å². The van der Waals surface area contributed by atoms with Crippen molar-refractivity contribution in [3.05, 3.63) is 168 Å². The van der Waals surface area contributed by atoms with E-state index < -0.39 is 46.5 Å². The monoisotopic (exact) mass is 895 g/mol. The van der Waals surface area contributed by atoms with Crippen LogP contribution >= 0.6 is 0 Å². The van der Waals surface area contributed by atoms with E-state index in [1.165, 1.54) is 12.4 Å². The van der Waals surface area contributed by atoms with Crippen molar-refractivity contribution >= 4 is 47.1 Å². The normalized spacial score (nSPS) is 8.79. The fourth-order valence-corrected chi connectivity index (χ4v) is 4.02. The van der Waals surface area contributed by atoms with E-state index in [0.29, 0.717) is 11.1 Å². The molecule has 61 heavy (non-hydrogen) atoms. The number of aromatic amines is 2. The van der Waals surface area contributed by atoms with Crippen molar-refractivity contribution < 1.29 is 108 Å². The summed E-state index contributed by atoms with van der Waals surface area (Å²) >= 11 is 0. The predicted octanol–water partition coefficient (Wildman–Crippen LogP) is -3.36. The van der Waals surface area contributed by atoms with Gasteiger partial charge in [-0.25, -0.2) is 19.6 Å². The first-order chi connectivity index (χ1) is 26.7. The van der Waals surface area contributed by atoms with Crippen LogP contribution in [0.25, 0.3) is 0 Å². The van der Waals surface area contributed by atoms with Crippen molar-refractivity contribution in [1.29, 1.82) is 0 Å². The molecule has 2 amide bonds. The van der Waals surface area contributed by atoms with Crippen molar-refractivity contribution in [2.45, 2.75) is 0 Å². The van der Waals surface area contributed by atoms with E-state index in [-0.39, 0.29) is 61.9 Å². The van der Waals surface area contributed by atoms with E-state index in [4.69, 9.17) is 10.2 Å². The summed E-state index contributed by atoms with van der Waals surface area (Å²) in [5.41, 5.74) is 1.04. The number of rotatable bonds is 8. The van der Waals surface area contributed by atoms with Crippen molar-refractivity contribution in [3.63, 3.8) is 0 Å². The van der Waals surface area contributed by atoms with Gasteiger partial charge in [-0.05, 0) is 47.5 Å². The number of aromatic nitrogens is 4. The van der Waals surface area contributed by atoms with E-state index >= 15 is 0 Å². The number of hydrogen-bond acceptors (Lipinski definition) is 12. The van der Waals surface area contributed by atoms with Crippen LogP contribution in [0, 0.1) is 0 Å². The number of nitrogens with one attached hydrogen (secondary N) is 4. The van der Waals surface area contributed by atoms with Crippen LogP contribution in [0.1, 0.15) is 62.1 Å². The summed E-state index contributed by atoms with van der Waals surface area (Å²) in [5, 5.41) is 64.5. The number of carboxylic acid groups (broad SMARTS) is 4. The molecule has 2 aromatic carbocycles. The molecule has 22 nitrogen and oxygen atoms in total. The Kier molecular flexibility index (Phi) is 27.3. The molecule has 6 aromatic rings. The first-order valence-corrected chi connectivity index (χ1v) is 15.6. The van der Waals surface area contributed by atoms with Crippen LogP contribution in [-0.4, -0.2) is 77.8 Å². The predicted molar refractivity (Wildman–Crippen MR) is 199 cm³/mol. The number of H-pyrrole nitrogens is 2. The minimum absolute atomic E-state index is 0. The Morgan fingerprint density at radius 2 is 0.803 bits per heavy atom. The van der Waals surface area contributed by atoms with Crippen molar-refractivity contribution in [1.82, 2.24) is 9.97 Å². The van der Waals surface area contributed by atoms with Gasteiger partial charge in [-0.15, -0.1) is 11.5 Å². The molecule has 0 saturated carbocycles. The average Bonchev–Trinajstić information content (AvgIpc) is 3.19. The van der Waals surface area contributed by atoms with Gasteiger partial charge in [-0.1, -0.05) is 24.3 Å². The molecule has 325 valence electrons. The van der Waals surface area contributed by atoms with Crippen LogP contribution in [0.2, 0.25) is 0 Å². The van der Waals surface area contributed by atoms with E-state index in [0.717, 1.165) is 47.8 Å². The second kappa shape index (κ2) is 29.1. The molecular formula is C38H36CuN6O16. The zero-order valence-corrected chi connectivity index (χ0v) is 31.8. The average molecular weight is 896 g/mol. The van der Waals surface area contributed by atoms with Gasteiger partial charge in [0.25, 0.3) is 11.8 Å². The first-order valence-electron chi connectivity index (χ1n) is 15.6. The number of anilines is 2. The number of carbonyl (C=O) groups excluding carboxylic acids is 4. The Morgan fingerprint density at radius 1 is 0.492 bits per heavy atom. The number of amides is 2. The van der Waals surface area contributed by atoms with E-state index in [2.05, 4.69) is 30.6 Å². The Bertz CT molecular complexity index is 2070. The van der Waals surface area contributed by atoms with Gasteiger partial charge in [-0.2, -0.15) is 0 Å². The Balaban J connectivity index is -0.000000718. The van der Waals surface area contributed by atoms with Crippen molar-refractivity contribution in [2.75, 3.05) is 10.6 Å². The summed E-state index contributed by atoms with van der Waals surface area (Å²) in [6.45, 7) is 0. The minimum atomic E-state index is -1.57. The molecule has 0 fully saturated rings. The quantitative estimate of drug-likeness (QED) is 0.109. The number of carboxylic acids is 4. The second-order valence-electron chi connectivity index (χ2n) is 10.6. The SMILES string of the molecule is O.O.O.O.O=C(Nc1cc[nH+]cc1)c1cccnc1.O=C(Nc1cc[nH+]cc1)c1cccnc1.O=C([O-])c1cc([O-])cc(C(=O)O)c1.O=C([O-])c1cc([O-])cc(C(=O)O)c1.[Cu+2]. The van der Waals surface area contributed by atoms with Crippen molar-refractivity contribution in [2.24, 2.45) is 0 Å². The fourth-order valence-electron chi connectivity index (χ4n) is 4.02. The third-order valence-corrected chi connectivity index (χ3v) is 6.58. The number of pyridine rings is 4. The van der Waals surface area contributed by atoms with Gasteiger partial charge >= 0.3 is 29.0 Å². The second-order valence-corrected chi connectivity index (χ2v) is 10.6. The van der Waals surface area contributed by atoms with E-state index in [1.807, 2.05) is 0 Å². The van der Waals surface area contributed by atoms with Crippen LogP contribution in [0.4, 0.5) is 11.4 Å². The first kappa shape index (κ1) is 57.1. The topological polar surface area (TPSA) is 439 Å². The Labute approximate surface area is 354 Å². The summed E-state index contributed by atoms with van der Waals surface area (Å²) in [6.07, 6.45) is 13.3. The maximum Gasteiger partial charge on any atom is 2.00 e. The summed E-state index contributed by atoms with van der Waals surface area (Å²) in [6, 6.07) is 19.1. The van der Waals surface area contributed by atoms with Gasteiger partial charge < -0.3 is 72.8 Å². The van der Waals surface area contributed by atoms with Crippen LogP contribution < -0.4 is 41.0 Å². The van der Waals surface area contributed by atoms with Gasteiger partial charge in [0.15, 0.2) is 24.8 Å². The van der Waals surface area contributed by atoms with Crippen LogP contribution in [0.3, 0.4) is 0 Å². The molecule has 0 saturated heterocycles. The van der Waals surface area contributed by atoms with E-state index in [9.17, 15) is 49.2 Å². The molecule has 4 aromatic heterocycles. The molecule has 1 radical (unpaired) electrons. The zero-order chi connectivity index (χ0) is 41.0. The largest absolute Gasteiger partial charge is 2.00 e. The molecule has 0 aliphatic carbocycles. The van der Waals surface area contributed by atoms with Gasteiger partial charge in [0.1, 0.15) is 0 Å². The molecule has 0 aliphatic heterocycles. The number of aromatic carboxylic acids is 4. The number of benzene rings is 2. The van der Waals surface area contributed by atoms with Gasteiger partial charge in [0.05, 0.1) is 45.6 Å². The van der Waals surface area contributed by atoms with Crippen LogP contribution in [0.15, 0.2) is 135 Å². The molecule has 0 spiro atoms. The minimum Gasteiger partial charge on any atom is -0.872 e. The molecule has 14 N–H and O–H groups in total. The molecule has 23 heteroatoms. The van der Waals surface area contributed by atoms with Gasteiger partial charge in [0, 0.05) is 49.1 Å². The summed E-state index contributed by atoms with van der Waals surface area (Å²) < 4.78 is 0. The molecular weight excluding hydrogens is 860 g/mol. The Hall–Kier alpha value is -8.18. The summed E-state index contributed by atoms with van der Waals surface area (Å²) in [7, 11) is 0. The van der Waals surface area contributed by atoms with E-state index in [1.54, 1.807) is 85.7 Å². The van der Waals surface area contributed by atoms with Gasteiger partial charge in [-0.3, -0.25) is 19.6 Å². The molecule has 0 bridgehead atoms. The van der Waals surface area contributed by atoms with Crippen molar-refractivity contribution in [3.8, 4) is 11.5 Å². The molecule has 0 atom stereocenters. The smallest absolute Gasteiger partial charge is 0.872 e. The summed E-state index contributed by atoms with van der Waals surface area (Å²) in [4.78, 5) is 78.2. The maximum atomic E-state index is 11.7. The maximum absolute atomic E-state index is 11.7. The molecule has 0 aliphatic rings. The van der Waals surface area contributed by atoms with Crippen LogP contribution in [-0.2, 0) is 17.1 Å². The number of hydrogen-bond donors (Lipinski definition) is 4. The standard InChI is InChI=1S/2C11H9N3O.2C8H6O5.Cu.4H2O/c2*15-11(9-2-1-5-13-8-9)14-10-3-6-12-7-4-10;2*9-6-2-4(7(10)11)1-5(3-6)8(12)13;;;;;/h2*1-8H,(H,12,14,15);2*1-3,9H,(H,10,11)(H,12,13);;4*1H2/q;;;;+2;;;;/p-2. The molecule has 4 heterocycles. The fraction of sp³-hybridized carbons (Fsp3) is 0. The summed E-state index contributed by atoms with van der Waals surface area (Å²) in [5.74, 6) is -7.48. The van der Waals surface area contributed by atoms with Gasteiger partial charge in [0.2, 0.25) is 0 Å².